The number of esters is 1. The topological polar surface area (TPSA) is 59.5 Å². The second kappa shape index (κ2) is 7.92. The summed E-state index contributed by atoms with van der Waals surface area (Å²) in [7, 11) is 0. The van der Waals surface area contributed by atoms with Crippen LogP contribution in [0.15, 0.2) is 42.5 Å². The fraction of sp³-hybridized carbons (Fsp3) is 0.350. The average Bonchev–Trinajstić information content (AvgIpc) is 2.64. The molecule has 1 aromatic carbocycles. The van der Waals surface area contributed by atoms with E-state index in [1.807, 2.05) is 43.3 Å². The molecule has 5 nitrogen and oxygen atoms in total. The number of hydrogen-bond donors (Lipinski definition) is 0. The lowest BCUT2D eigenvalue weighted by Gasteiger charge is -2.33. The lowest BCUT2D eigenvalue weighted by atomic mass is 10.0. The zero-order valence-electron chi connectivity index (χ0n) is 14.4. The Morgan fingerprint density at radius 2 is 2.08 bits per heavy atom. The molecule has 3 rings (SSSR count). The molecule has 1 atom stereocenters. The van der Waals surface area contributed by atoms with Gasteiger partial charge in [-0.05, 0) is 44.4 Å². The zero-order valence-corrected chi connectivity index (χ0v) is 14.4. The van der Waals surface area contributed by atoms with Crippen LogP contribution in [0.5, 0.6) is 0 Å². The molecule has 2 heterocycles. The number of piperidine rings is 1. The van der Waals surface area contributed by atoms with E-state index in [0.29, 0.717) is 5.69 Å². The summed E-state index contributed by atoms with van der Waals surface area (Å²) in [5.74, 6) is -0.661. The van der Waals surface area contributed by atoms with Crippen molar-refractivity contribution in [1.82, 2.24) is 9.88 Å². The Hall–Kier alpha value is -2.69. The standard InChI is InChI=1S/C20H22N2O3/c1-15-6-4-5-13-22(15)19(23)14-25-20(24)12-11-17-10-9-16-7-2-3-8-18(16)21-17/h2-3,7-12,15H,4-6,13-14H2,1H3/b12-11+/t15-/m0/s1. The van der Waals surface area contributed by atoms with Crippen LogP contribution < -0.4 is 0 Å². The maximum atomic E-state index is 12.1. The van der Waals surface area contributed by atoms with Gasteiger partial charge in [-0.25, -0.2) is 9.78 Å². The average molecular weight is 338 g/mol. The SMILES string of the molecule is C[C@H]1CCCCN1C(=O)COC(=O)/C=C/c1ccc2ccccc2n1. The van der Waals surface area contributed by atoms with Crippen molar-refractivity contribution in [2.24, 2.45) is 0 Å². The van der Waals surface area contributed by atoms with Gasteiger partial charge in [0.1, 0.15) is 0 Å². The minimum absolute atomic E-state index is 0.127. The van der Waals surface area contributed by atoms with Gasteiger partial charge in [-0.1, -0.05) is 24.3 Å². The Bertz CT molecular complexity index is 800. The highest BCUT2D eigenvalue weighted by atomic mass is 16.5. The molecule has 0 aliphatic carbocycles. The number of ether oxygens (including phenoxy) is 1. The molecule has 0 bridgehead atoms. The normalized spacial score (nSPS) is 17.8. The first-order valence-corrected chi connectivity index (χ1v) is 8.63. The molecule has 1 amide bonds. The van der Waals surface area contributed by atoms with Crippen molar-refractivity contribution in [3.8, 4) is 0 Å². The van der Waals surface area contributed by atoms with Crippen LogP contribution >= 0.6 is 0 Å². The molecule has 2 aromatic rings. The van der Waals surface area contributed by atoms with Crippen LogP contribution in [0.4, 0.5) is 0 Å². The number of para-hydroxylation sites is 1. The lowest BCUT2D eigenvalue weighted by Crippen LogP contribution is -2.44. The van der Waals surface area contributed by atoms with E-state index < -0.39 is 5.97 Å². The third-order valence-corrected chi connectivity index (χ3v) is 4.47. The van der Waals surface area contributed by atoms with E-state index in [9.17, 15) is 9.59 Å². The molecule has 1 aliphatic rings. The van der Waals surface area contributed by atoms with Crippen molar-refractivity contribution in [1.29, 1.82) is 0 Å². The maximum Gasteiger partial charge on any atom is 0.331 e. The first-order chi connectivity index (χ1) is 12.1. The number of amides is 1. The number of benzene rings is 1. The number of rotatable bonds is 4. The van der Waals surface area contributed by atoms with E-state index in [1.165, 1.54) is 6.08 Å². The molecule has 0 radical (unpaired) electrons. The van der Waals surface area contributed by atoms with Crippen molar-refractivity contribution < 1.29 is 14.3 Å². The van der Waals surface area contributed by atoms with Gasteiger partial charge in [-0.15, -0.1) is 0 Å². The molecule has 25 heavy (non-hydrogen) atoms. The zero-order chi connectivity index (χ0) is 17.6. The molecule has 1 saturated heterocycles. The molecule has 1 fully saturated rings. The van der Waals surface area contributed by atoms with Crippen LogP contribution in [0.25, 0.3) is 17.0 Å². The first-order valence-electron chi connectivity index (χ1n) is 8.63. The van der Waals surface area contributed by atoms with Crippen molar-refractivity contribution in [2.45, 2.75) is 32.2 Å². The number of carbonyl (C=O) groups is 2. The molecule has 1 aliphatic heterocycles. The predicted molar refractivity (Wildman–Crippen MR) is 96.8 cm³/mol. The molecule has 1 aromatic heterocycles. The van der Waals surface area contributed by atoms with E-state index in [2.05, 4.69) is 4.98 Å². The lowest BCUT2D eigenvalue weighted by molar-refractivity contribution is -0.149. The van der Waals surface area contributed by atoms with Gasteiger partial charge >= 0.3 is 5.97 Å². The van der Waals surface area contributed by atoms with Gasteiger partial charge in [0.05, 0.1) is 11.2 Å². The van der Waals surface area contributed by atoms with E-state index in [4.69, 9.17) is 4.74 Å². The number of nitrogens with zero attached hydrogens (tertiary/aromatic N) is 2. The monoisotopic (exact) mass is 338 g/mol. The molecular weight excluding hydrogens is 316 g/mol. The molecular formula is C20H22N2O3. The molecule has 130 valence electrons. The largest absolute Gasteiger partial charge is 0.452 e. The minimum Gasteiger partial charge on any atom is -0.452 e. The van der Waals surface area contributed by atoms with Gasteiger partial charge in [0.15, 0.2) is 6.61 Å². The molecule has 0 saturated carbocycles. The summed E-state index contributed by atoms with van der Waals surface area (Å²) in [6.45, 7) is 2.57. The first kappa shape index (κ1) is 17.1. The van der Waals surface area contributed by atoms with Crippen LogP contribution in [-0.4, -0.2) is 41.0 Å². The molecule has 0 unspecified atom stereocenters. The fourth-order valence-electron chi connectivity index (χ4n) is 3.06. The second-order valence-corrected chi connectivity index (χ2v) is 6.30. The van der Waals surface area contributed by atoms with Crippen molar-refractivity contribution in [3.05, 3.63) is 48.2 Å². The highest BCUT2D eigenvalue weighted by molar-refractivity contribution is 5.89. The maximum absolute atomic E-state index is 12.1. The summed E-state index contributed by atoms with van der Waals surface area (Å²) >= 11 is 0. The van der Waals surface area contributed by atoms with Crippen LogP contribution in [-0.2, 0) is 14.3 Å². The van der Waals surface area contributed by atoms with Crippen LogP contribution in [0.1, 0.15) is 31.9 Å². The molecule has 0 spiro atoms. The van der Waals surface area contributed by atoms with Crippen LogP contribution in [0, 0.1) is 0 Å². The minimum atomic E-state index is -0.534. The van der Waals surface area contributed by atoms with Crippen molar-refractivity contribution in [2.75, 3.05) is 13.2 Å². The van der Waals surface area contributed by atoms with Gasteiger partial charge in [0.25, 0.3) is 5.91 Å². The van der Waals surface area contributed by atoms with Crippen molar-refractivity contribution in [3.63, 3.8) is 0 Å². The van der Waals surface area contributed by atoms with Crippen molar-refractivity contribution >= 4 is 28.9 Å². The number of hydrogen-bond acceptors (Lipinski definition) is 4. The second-order valence-electron chi connectivity index (χ2n) is 6.30. The summed E-state index contributed by atoms with van der Waals surface area (Å²) in [4.78, 5) is 30.2. The van der Waals surface area contributed by atoms with Gasteiger partial charge in [0.2, 0.25) is 0 Å². The molecule has 0 N–H and O–H groups in total. The Morgan fingerprint density at radius 1 is 1.24 bits per heavy atom. The van der Waals surface area contributed by atoms with Crippen LogP contribution in [0.2, 0.25) is 0 Å². The summed E-state index contributed by atoms with van der Waals surface area (Å²) in [6.07, 6.45) is 6.07. The molecule has 5 heteroatoms. The third kappa shape index (κ3) is 4.44. The number of likely N-dealkylation sites (tertiary alicyclic amines) is 1. The van der Waals surface area contributed by atoms with E-state index in [1.54, 1.807) is 11.0 Å². The number of fused-ring (bicyclic) bond motifs is 1. The quantitative estimate of drug-likeness (QED) is 0.634. The Labute approximate surface area is 147 Å². The predicted octanol–water partition coefficient (Wildman–Crippen LogP) is 3.19. The highest BCUT2D eigenvalue weighted by Gasteiger charge is 2.23. The summed E-state index contributed by atoms with van der Waals surface area (Å²) in [5, 5.41) is 1.04. The Kier molecular flexibility index (Phi) is 5.43. The summed E-state index contributed by atoms with van der Waals surface area (Å²) < 4.78 is 5.07. The third-order valence-electron chi connectivity index (χ3n) is 4.47. The fourth-order valence-corrected chi connectivity index (χ4v) is 3.06. The summed E-state index contributed by atoms with van der Waals surface area (Å²) in [6, 6.07) is 11.8. The Morgan fingerprint density at radius 3 is 2.92 bits per heavy atom. The van der Waals surface area contributed by atoms with Gasteiger partial charge < -0.3 is 9.64 Å². The van der Waals surface area contributed by atoms with E-state index >= 15 is 0 Å². The number of aromatic nitrogens is 1. The van der Waals surface area contributed by atoms with E-state index in [0.717, 1.165) is 36.7 Å². The van der Waals surface area contributed by atoms with E-state index in [-0.39, 0.29) is 18.6 Å². The number of pyridine rings is 1. The summed E-state index contributed by atoms with van der Waals surface area (Å²) in [5.41, 5.74) is 1.54. The van der Waals surface area contributed by atoms with Gasteiger partial charge in [0, 0.05) is 24.0 Å². The van der Waals surface area contributed by atoms with Gasteiger partial charge in [-0.2, -0.15) is 0 Å². The number of carbonyl (C=O) groups excluding carboxylic acids is 2. The van der Waals surface area contributed by atoms with Crippen LogP contribution in [0.3, 0.4) is 0 Å². The van der Waals surface area contributed by atoms with Gasteiger partial charge in [-0.3, -0.25) is 4.79 Å². The smallest absolute Gasteiger partial charge is 0.331 e. The Balaban J connectivity index is 1.54. The highest BCUT2D eigenvalue weighted by Crippen LogP contribution is 2.16.